The normalized spacial score (nSPS) is 11.7. The van der Waals surface area contributed by atoms with Crippen molar-refractivity contribution >= 4 is 28.5 Å². The third-order valence-electron chi connectivity index (χ3n) is 3.00. The van der Waals surface area contributed by atoms with Crippen molar-refractivity contribution in [1.29, 1.82) is 0 Å². The van der Waals surface area contributed by atoms with E-state index in [-0.39, 0.29) is 6.42 Å². The van der Waals surface area contributed by atoms with E-state index in [1.54, 1.807) is 0 Å². The van der Waals surface area contributed by atoms with Gasteiger partial charge < -0.3 is 5.11 Å². The van der Waals surface area contributed by atoms with Crippen molar-refractivity contribution in [3.05, 3.63) is 41.0 Å². The average molecular weight is 264 g/mol. The van der Waals surface area contributed by atoms with Crippen molar-refractivity contribution in [2.24, 2.45) is 0 Å². The van der Waals surface area contributed by atoms with E-state index in [0.29, 0.717) is 5.15 Å². The molecule has 0 saturated heterocycles. The first-order valence-electron chi connectivity index (χ1n) is 5.68. The molecule has 3 nitrogen and oxygen atoms in total. The Morgan fingerprint density at radius 2 is 2.06 bits per heavy atom. The van der Waals surface area contributed by atoms with Gasteiger partial charge in [-0.2, -0.15) is 0 Å². The Hall–Kier alpha value is -1.61. The fourth-order valence-electron chi connectivity index (χ4n) is 2.04. The molecule has 0 unspecified atom stereocenters. The standard InChI is InChI=1S/C14H14ClNO2/c1-14(2,8-12(17)18)10-7-9-5-3-4-6-11(9)16-13(10)15/h3-7H,8H2,1-2H3,(H,17,18). The number of fused-ring (bicyclic) bond motifs is 1. The maximum atomic E-state index is 10.9. The number of aromatic nitrogens is 1. The molecule has 0 saturated carbocycles. The molecule has 0 atom stereocenters. The minimum atomic E-state index is -0.843. The van der Waals surface area contributed by atoms with Crippen molar-refractivity contribution < 1.29 is 9.90 Å². The van der Waals surface area contributed by atoms with Gasteiger partial charge in [-0.25, -0.2) is 4.98 Å². The van der Waals surface area contributed by atoms with Gasteiger partial charge in [0.05, 0.1) is 11.9 Å². The first-order chi connectivity index (χ1) is 8.40. The van der Waals surface area contributed by atoms with Gasteiger partial charge in [0.25, 0.3) is 0 Å². The summed E-state index contributed by atoms with van der Waals surface area (Å²) in [6, 6.07) is 9.57. The summed E-state index contributed by atoms with van der Waals surface area (Å²) in [5.74, 6) is -0.843. The maximum absolute atomic E-state index is 10.9. The minimum absolute atomic E-state index is 0.0206. The number of carboxylic acid groups (broad SMARTS) is 1. The van der Waals surface area contributed by atoms with Gasteiger partial charge in [0.2, 0.25) is 0 Å². The first kappa shape index (κ1) is 12.8. The molecule has 2 rings (SSSR count). The Morgan fingerprint density at radius 3 is 2.72 bits per heavy atom. The zero-order chi connectivity index (χ0) is 13.3. The predicted molar refractivity (Wildman–Crippen MR) is 72.0 cm³/mol. The van der Waals surface area contributed by atoms with Gasteiger partial charge >= 0.3 is 5.97 Å². The lowest BCUT2D eigenvalue weighted by Crippen LogP contribution is -2.22. The molecule has 0 amide bonds. The number of carbonyl (C=O) groups is 1. The number of para-hydroxylation sites is 1. The number of hydrogen-bond donors (Lipinski definition) is 1. The van der Waals surface area contributed by atoms with Crippen molar-refractivity contribution in [3.63, 3.8) is 0 Å². The fraction of sp³-hybridized carbons (Fsp3) is 0.286. The summed E-state index contributed by atoms with van der Waals surface area (Å²) in [5, 5.41) is 10.3. The molecule has 0 spiro atoms. The van der Waals surface area contributed by atoms with E-state index in [0.717, 1.165) is 16.5 Å². The van der Waals surface area contributed by atoms with Crippen LogP contribution < -0.4 is 0 Å². The lowest BCUT2D eigenvalue weighted by Gasteiger charge is -2.24. The molecule has 1 aromatic carbocycles. The van der Waals surface area contributed by atoms with Crippen molar-refractivity contribution in [3.8, 4) is 0 Å². The topological polar surface area (TPSA) is 50.2 Å². The highest BCUT2D eigenvalue weighted by Crippen LogP contribution is 2.33. The largest absolute Gasteiger partial charge is 0.481 e. The van der Waals surface area contributed by atoms with Crippen LogP contribution in [0.15, 0.2) is 30.3 Å². The fourth-order valence-corrected chi connectivity index (χ4v) is 2.44. The predicted octanol–water partition coefficient (Wildman–Crippen LogP) is 3.64. The summed E-state index contributed by atoms with van der Waals surface area (Å²) in [4.78, 5) is 15.2. The highest BCUT2D eigenvalue weighted by Gasteiger charge is 2.27. The van der Waals surface area contributed by atoms with Gasteiger partial charge in [0, 0.05) is 10.8 Å². The van der Waals surface area contributed by atoms with Gasteiger partial charge in [-0.05, 0) is 17.7 Å². The zero-order valence-corrected chi connectivity index (χ0v) is 11.0. The first-order valence-corrected chi connectivity index (χ1v) is 6.05. The monoisotopic (exact) mass is 263 g/mol. The van der Waals surface area contributed by atoms with E-state index in [1.807, 2.05) is 44.2 Å². The number of pyridine rings is 1. The molecular formula is C14H14ClNO2. The molecule has 1 aromatic heterocycles. The van der Waals surface area contributed by atoms with Crippen molar-refractivity contribution in [1.82, 2.24) is 4.98 Å². The Balaban J connectivity index is 2.56. The number of nitrogens with zero attached hydrogens (tertiary/aromatic N) is 1. The molecular weight excluding hydrogens is 250 g/mol. The number of hydrogen-bond acceptors (Lipinski definition) is 2. The third kappa shape index (κ3) is 2.46. The lowest BCUT2D eigenvalue weighted by atomic mass is 9.82. The van der Waals surface area contributed by atoms with Crippen LogP contribution in [-0.4, -0.2) is 16.1 Å². The molecule has 0 fully saturated rings. The minimum Gasteiger partial charge on any atom is -0.481 e. The molecule has 1 heterocycles. The van der Waals surface area contributed by atoms with Crippen LogP contribution in [0.2, 0.25) is 5.15 Å². The summed E-state index contributed by atoms with van der Waals surface area (Å²) in [7, 11) is 0. The summed E-state index contributed by atoms with van der Waals surface area (Å²) >= 11 is 6.17. The highest BCUT2D eigenvalue weighted by molar-refractivity contribution is 6.30. The molecule has 0 bridgehead atoms. The van der Waals surface area contributed by atoms with E-state index >= 15 is 0 Å². The SMILES string of the molecule is CC(C)(CC(=O)O)c1cc2ccccc2nc1Cl. The quantitative estimate of drug-likeness (QED) is 0.860. The number of rotatable bonds is 3. The Kier molecular flexibility index (Phi) is 3.26. The Labute approximate surface area is 110 Å². The second-order valence-corrected chi connectivity index (χ2v) is 5.33. The molecule has 2 aromatic rings. The van der Waals surface area contributed by atoms with Crippen LogP contribution in [0.4, 0.5) is 0 Å². The zero-order valence-electron chi connectivity index (χ0n) is 10.3. The van der Waals surface area contributed by atoms with Gasteiger partial charge in [0.15, 0.2) is 0 Å². The van der Waals surface area contributed by atoms with Crippen molar-refractivity contribution in [2.45, 2.75) is 25.7 Å². The highest BCUT2D eigenvalue weighted by atomic mass is 35.5. The lowest BCUT2D eigenvalue weighted by molar-refractivity contribution is -0.138. The molecule has 0 radical (unpaired) electrons. The van der Waals surface area contributed by atoms with Crippen LogP contribution >= 0.6 is 11.6 Å². The summed E-state index contributed by atoms with van der Waals surface area (Å²) in [6.45, 7) is 3.72. The van der Waals surface area contributed by atoms with Gasteiger partial charge in [0.1, 0.15) is 5.15 Å². The molecule has 0 aliphatic carbocycles. The molecule has 18 heavy (non-hydrogen) atoms. The number of halogens is 1. The second-order valence-electron chi connectivity index (χ2n) is 4.97. The number of carboxylic acids is 1. The van der Waals surface area contributed by atoms with Crippen LogP contribution in [0.5, 0.6) is 0 Å². The van der Waals surface area contributed by atoms with Crippen LogP contribution in [-0.2, 0) is 10.2 Å². The van der Waals surface area contributed by atoms with Gasteiger partial charge in [-0.1, -0.05) is 43.6 Å². The Bertz CT molecular complexity index is 608. The molecule has 0 aliphatic rings. The summed E-state index contributed by atoms with van der Waals surface area (Å²) in [5.41, 5.74) is 1.04. The van der Waals surface area contributed by atoms with Gasteiger partial charge in [-0.15, -0.1) is 0 Å². The smallest absolute Gasteiger partial charge is 0.304 e. The van der Waals surface area contributed by atoms with E-state index < -0.39 is 11.4 Å². The maximum Gasteiger partial charge on any atom is 0.304 e. The number of aliphatic carboxylic acids is 1. The average Bonchev–Trinajstić information content (AvgIpc) is 2.26. The second kappa shape index (κ2) is 4.58. The van der Waals surface area contributed by atoms with E-state index in [4.69, 9.17) is 16.7 Å². The molecule has 94 valence electrons. The van der Waals surface area contributed by atoms with Gasteiger partial charge in [-0.3, -0.25) is 4.79 Å². The van der Waals surface area contributed by atoms with E-state index in [9.17, 15) is 4.79 Å². The Morgan fingerprint density at radius 1 is 1.39 bits per heavy atom. The number of benzene rings is 1. The van der Waals surface area contributed by atoms with Crippen LogP contribution in [0, 0.1) is 0 Å². The molecule has 4 heteroatoms. The molecule has 0 aliphatic heterocycles. The third-order valence-corrected chi connectivity index (χ3v) is 3.29. The van der Waals surface area contributed by atoms with E-state index in [1.165, 1.54) is 0 Å². The van der Waals surface area contributed by atoms with Crippen LogP contribution in [0.3, 0.4) is 0 Å². The summed E-state index contributed by atoms with van der Waals surface area (Å²) in [6.07, 6.45) is 0.0206. The van der Waals surface area contributed by atoms with Crippen LogP contribution in [0.25, 0.3) is 10.9 Å². The van der Waals surface area contributed by atoms with E-state index in [2.05, 4.69) is 4.98 Å². The van der Waals surface area contributed by atoms with Crippen molar-refractivity contribution in [2.75, 3.05) is 0 Å². The van der Waals surface area contributed by atoms with Crippen LogP contribution in [0.1, 0.15) is 25.8 Å². The summed E-state index contributed by atoms with van der Waals surface area (Å²) < 4.78 is 0. The molecule has 1 N–H and O–H groups in total.